The SMILES string of the molecule is CCN(CC)[C@@H]1CCN([SH](F)Nc2ccc(C(=O)N3CCO[C@@H](c4ccccc4)C3)c(Cl)c2)C1. The molecule has 1 unspecified atom stereocenters. The lowest BCUT2D eigenvalue weighted by Crippen LogP contribution is -2.42. The zero-order valence-electron chi connectivity index (χ0n) is 19.8. The summed E-state index contributed by atoms with van der Waals surface area (Å²) in [4.78, 5) is 17.3. The molecular weight excluding hydrogens is 475 g/mol. The molecule has 2 heterocycles. The van der Waals surface area contributed by atoms with E-state index in [-0.39, 0.29) is 12.0 Å². The van der Waals surface area contributed by atoms with Gasteiger partial charge in [0, 0.05) is 43.0 Å². The number of amides is 1. The molecule has 2 fully saturated rings. The molecule has 186 valence electrons. The number of rotatable bonds is 8. The molecular formula is C25H34ClFN4O2S. The third-order valence-corrected chi connectivity index (χ3v) is 8.28. The summed E-state index contributed by atoms with van der Waals surface area (Å²) in [5, 5.41) is 0.323. The van der Waals surface area contributed by atoms with Crippen molar-refractivity contribution in [1.29, 1.82) is 0 Å². The summed E-state index contributed by atoms with van der Waals surface area (Å²) < 4.78 is 25.8. The van der Waals surface area contributed by atoms with Crippen molar-refractivity contribution in [2.45, 2.75) is 32.4 Å². The van der Waals surface area contributed by atoms with E-state index in [1.54, 1.807) is 23.1 Å². The standard InChI is InChI=1S/C25H34ClFN4O2S/c1-3-29(4-2)21-12-13-31(17-21)34(27)28-20-10-11-22(23(26)16-20)25(32)30-14-15-33-24(18-30)19-8-6-5-7-9-19/h5-11,16,21,24,28,34H,3-4,12-15,17-18H2,1-2H3/t21-,24-/m1/s1. The summed E-state index contributed by atoms with van der Waals surface area (Å²) in [7, 11) is 0. The minimum Gasteiger partial charge on any atom is -0.370 e. The van der Waals surface area contributed by atoms with E-state index in [0.29, 0.717) is 42.0 Å². The molecule has 0 spiro atoms. The second-order valence-corrected chi connectivity index (χ2v) is 10.4. The van der Waals surface area contributed by atoms with Crippen LogP contribution in [-0.4, -0.2) is 71.9 Å². The van der Waals surface area contributed by atoms with Crippen LogP contribution in [-0.2, 0) is 4.74 Å². The van der Waals surface area contributed by atoms with Gasteiger partial charge in [0.1, 0.15) is 6.10 Å². The molecule has 0 bridgehead atoms. The van der Waals surface area contributed by atoms with E-state index in [0.717, 1.165) is 38.2 Å². The van der Waals surface area contributed by atoms with Crippen LogP contribution in [0.2, 0.25) is 5.02 Å². The van der Waals surface area contributed by atoms with Gasteiger partial charge in [0.25, 0.3) is 5.91 Å². The summed E-state index contributed by atoms with van der Waals surface area (Å²) in [5.74, 6) is -0.134. The van der Waals surface area contributed by atoms with Gasteiger partial charge in [-0.2, -0.15) is 3.89 Å². The Bertz CT molecular complexity index is 965. The molecule has 4 rings (SSSR count). The van der Waals surface area contributed by atoms with Gasteiger partial charge in [0.2, 0.25) is 0 Å². The van der Waals surface area contributed by atoms with Crippen LogP contribution in [0, 0.1) is 0 Å². The van der Waals surface area contributed by atoms with Gasteiger partial charge in [-0.15, -0.1) is 0 Å². The molecule has 2 aliphatic heterocycles. The molecule has 2 aliphatic rings. The maximum Gasteiger partial charge on any atom is 0.255 e. The molecule has 9 heteroatoms. The van der Waals surface area contributed by atoms with E-state index in [9.17, 15) is 4.79 Å². The molecule has 6 nitrogen and oxygen atoms in total. The van der Waals surface area contributed by atoms with Crippen LogP contribution in [0.15, 0.2) is 48.5 Å². The molecule has 0 aliphatic carbocycles. The van der Waals surface area contributed by atoms with Crippen molar-refractivity contribution in [1.82, 2.24) is 14.1 Å². The minimum atomic E-state index is -2.01. The van der Waals surface area contributed by atoms with Crippen molar-refractivity contribution in [3.63, 3.8) is 0 Å². The summed E-state index contributed by atoms with van der Waals surface area (Å²) in [6.07, 6.45) is 0.818. The number of morpholine rings is 1. The molecule has 0 saturated carbocycles. The highest BCUT2D eigenvalue weighted by Crippen LogP contribution is 2.38. The Hall–Kier alpha value is -1.84. The second-order valence-electron chi connectivity index (χ2n) is 8.66. The number of hydrogen-bond donors (Lipinski definition) is 2. The highest BCUT2D eigenvalue weighted by molar-refractivity contribution is 8.11. The van der Waals surface area contributed by atoms with Crippen LogP contribution in [0.5, 0.6) is 0 Å². The Morgan fingerprint density at radius 3 is 2.65 bits per heavy atom. The van der Waals surface area contributed by atoms with Crippen molar-refractivity contribution in [2.24, 2.45) is 0 Å². The fourth-order valence-corrected chi connectivity index (χ4v) is 6.11. The Morgan fingerprint density at radius 1 is 1.18 bits per heavy atom. The summed E-state index contributed by atoms with van der Waals surface area (Å²) in [6.45, 7) is 9.16. The number of benzene rings is 2. The number of carbonyl (C=O) groups is 1. The Labute approximate surface area is 209 Å². The van der Waals surface area contributed by atoms with Gasteiger partial charge in [-0.3, -0.25) is 9.69 Å². The quantitative estimate of drug-likeness (QED) is 0.486. The average Bonchev–Trinajstić information content (AvgIpc) is 3.35. The lowest BCUT2D eigenvalue weighted by molar-refractivity contribution is -0.0228. The predicted octanol–water partition coefficient (Wildman–Crippen LogP) is 5.10. The van der Waals surface area contributed by atoms with Gasteiger partial charge in [-0.05, 0) is 43.3 Å². The number of likely N-dealkylation sites (N-methyl/N-ethyl adjacent to an activating group) is 1. The van der Waals surface area contributed by atoms with Crippen molar-refractivity contribution >= 4 is 34.8 Å². The van der Waals surface area contributed by atoms with Gasteiger partial charge in [0.15, 0.2) is 0 Å². The smallest absolute Gasteiger partial charge is 0.255 e. The lowest BCUT2D eigenvalue weighted by atomic mass is 10.1. The summed E-state index contributed by atoms with van der Waals surface area (Å²) >= 11 is 4.47. The monoisotopic (exact) mass is 508 g/mol. The summed E-state index contributed by atoms with van der Waals surface area (Å²) in [5.41, 5.74) is 2.06. The number of nitrogens with one attached hydrogen (secondary N) is 1. The zero-order valence-corrected chi connectivity index (χ0v) is 21.4. The van der Waals surface area contributed by atoms with Crippen LogP contribution >= 0.6 is 23.3 Å². The number of thiol groups is 1. The van der Waals surface area contributed by atoms with Crippen LogP contribution in [0.25, 0.3) is 0 Å². The van der Waals surface area contributed by atoms with Crippen molar-refractivity contribution < 1.29 is 13.4 Å². The molecule has 3 atom stereocenters. The first kappa shape index (κ1) is 25.3. The van der Waals surface area contributed by atoms with E-state index in [2.05, 4.69) is 23.5 Å². The molecule has 0 radical (unpaired) electrons. The second kappa shape index (κ2) is 11.7. The van der Waals surface area contributed by atoms with Gasteiger partial charge < -0.3 is 14.4 Å². The highest BCUT2D eigenvalue weighted by atomic mass is 35.5. The van der Waals surface area contributed by atoms with E-state index in [1.807, 2.05) is 34.6 Å². The number of hydrogen-bond acceptors (Lipinski definition) is 5. The Kier molecular flexibility index (Phi) is 8.71. The van der Waals surface area contributed by atoms with Gasteiger partial charge in [0.05, 0.1) is 23.7 Å². The summed E-state index contributed by atoms with van der Waals surface area (Å²) in [6, 6.07) is 15.4. The largest absolute Gasteiger partial charge is 0.370 e. The van der Waals surface area contributed by atoms with E-state index in [1.165, 1.54) is 0 Å². The lowest BCUT2D eigenvalue weighted by Gasteiger charge is -2.33. The molecule has 2 saturated heterocycles. The van der Waals surface area contributed by atoms with E-state index >= 15 is 3.89 Å². The molecule has 34 heavy (non-hydrogen) atoms. The highest BCUT2D eigenvalue weighted by Gasteiger charge is 2.30. The third-order valence-electron chi connectivity index (χ3n) is 6.66. The fourth-order valence-electron chi connectivity index (χ4n) is 4.73. The zero-order chi connectivity index (χ0) is 24.1. The molecule has 1 amide bonds. The third kappa shape index (κ3) is 5.86. The number of nitrogens with zero attached hydrogens (tertiary/aromatic N) is 3. The number of carbonyl (C=O) groups excluding carboxylic acids is 1. The maximum atomic E-state index is 15.1. The number of halogens is 2. The minimum absolute atomic E-state index is 0.134. The van der Waals surface area contributed by atoms with Gasteiger partial charge in [-0.25, -0.2) is 4.31 Å². The first-order valence-electron chi connectivity index (χ1n) is 12.0. The van der Waals surface area contributed by atoms with E-state index in [4.69, 9.17) is 16.3 Å². The van der Waals surface area contributed by atoms with Crippen molar-refractivity contribution in [3.8, 4) is 0 Å². The predicted molar refractivity (Wildman–Crippen MR) is 139 cm³/mol. The molecule has 0 aromatic heterocycles. The van der Waals surface area contributed by atoms with Crippen LogP contribution in [0.3, 0.4) is 0 Å². The van der Waals surface area contributed by atoms with Crippen LogP contribution in [0.4, 0.5) is 9.57 Å². The van der Waals surface area contributed by atoms with Gasteiger partial charge in [-0.1, -0.05) is 55.8 Å². The first-order valence-corrected chi connectivity index (χ1v) is 13.5. The topological polar surface area (TPSA) is 48.0 Å². The van der Waals surface area contributed by atoms with Crippen LogP contribution < -0.4 is 4.72 Å². The first-order chi connectivity index (χ1) is 16.5. The Balaban J connectivity index is 1.37. The normalized spacial score (nSPS) is 22.7. The maximum absolute atomic E-state index is 15.1. The van der Waals surface area contributed by atoms with Crippen molar-refractivity contribution in [3.05, 3.63) is 64.7 Å². The van der Waals surface area contributed by atoms with Gasteiger partial charge >= 0.3 is 0 Å². The Morgan fingerprint density at radius 2 is 1.94 bits per heavy atom. The van der Waals surface area contributed by atoms with Crippen molar-refractivity contribution in [2.75, 3.05) is 50.6 Å². The molecule has 2 aromatic rings. The van der Waals surface area contributed by atoms with Crippen LogP contribution in [0.1, 0.15) is 42.3 Å². The van der Waals surface area contributed by atoms with E-state index < -0.39 is 11.7 Å². The fraction of sp³-hybridized carbons (Fsp3) is 0.480. The average molecular weight is 509 g/mol. The number of anilines is 1. The molecule has 2 aromatic carbocycles. The molecule has 1 N–H and O–H groups in total. The number of ether oxygens (including phenoxy) is 1.